The van der Waals surface area contributed by atoms with E-state index in [2.05, 4.69) is 16.0 Å². The number of hydrogen-bond acceptors (Lipinski definition) is 6. The van der Waals surface area contributed by atoms with E-state index in [1.807, 2.05) is 16.5 Å². The van der Waals surface area contributed by atoms with Crippen molar-refractivity contribution in [3.05, 3.63) is 71.2 Å². The lowest BCUT2D eigenvalue weighted by molar-refractivity contribution is 0.0346. The quantitative estimate of drug-likeness (QED) is 0.556. The highest BCUT2D eigenvalue weighted by Gasteiger charge is 2.28. The fourth-order valence-electron chi connectivity index (χ4n) is 3.97. The van der Waals surface area contributed by atoms with Gasteiger partial charge in [0, 0.05) is 12.6 Å². The van der Waals surface area contributed by atoms with Gasteiger partial charge < -0.3 is 15.4 Å². The summed E-state index contributed by atoms with van der Waals surface area (Å²) in [6.07, 6.45) is 3.31. The van der Waals surface area contributed by atoms with E-state index in [1.165, 1.54) is 0 Å². The minimum absolute atomic E-state index is 0.132. The third-order valence-electron chi connectivity index (χ3n) is 5.58. The summed E-state index contributed by atoms with van der Waals surface area (Å²) in [5, 5.41) is 9.14. The van der Waals surface area contributed by atoms with Crippen LogP contribution >= 0.6 is 0 Å². The molecule has 0 aliphatic carbocycles. The third kappa shape index (κ3) is 2.76. The Bertz CT molecular complexity index is 1350. The summed E-state index contributed by atoms with van der Waals surface area (Å²) in [7, 11) is 1.77. The molecular weight excluding hydrogens is 380 g/mol. The first kappa shape index (κ1) is 18.1. The average Bonchev–Trinajstić information content (AvgIpc) is 3.28. The SMILES string of the molecule is CN(C(=O)c1ccc2nc(N)c3cncn3c2c1)[C@@H]1COCc2cc(C#N)ccc21. The summed E-state index contributed by atoms with van der Waals surface area (Å²) in [5.74, 6) is 0.261. The van der Waals surface area contributed by atoms with E-state index in [9.17, 15) is 4.79 Å². The second kappa shape index (κ2) is 6.83. The molecule has 1 aliphatic rings. The Morgan fingerprint density at radius 3 is 3.00 bits per heavy atom. The first-order valence-corrected chi connectivity index (χ1v) is 9.46. The fourth-order valence-corrected chi connectivity index (χ4v) is 3.97. The maximum absolute atomic E-state index is 13.3. The number of fused-ring (bicyclic) bond motifs is 4. The van der Waals surface area contributed by atoms with Crippen molar-refractivity contribution in [3.8, 4) is 6.07 Å². The predicted molar refractivity (Wildman–Crippen MR) is 111 cm³/mol. The molecule has 0 saturated carbocycles. The van der Waals surface area contributed by atoms with E-state index in [4.69, 9.17) is 15.7 Å². The Morgan fingerprint density at radius 1 is 1.30 bits per heavy atom. The van der Waals surface area contributed by atoms with Gasteiger partial charge in [-0.15, -0.1) is 0 Å². The van der Waals surface area contributed by atoms with Crippen molar-refractivity contribution in [1.29, 1.82) is 5.26 Å². The highest BCUT2D eigenvalue weighted by molar-refractivity contribution is 5.98. The van der Waals surface area contributed by atoms with Crippen LogP contribution in [0, 0.1) is 11.3 Å². The second-order valence-electron chi connectivity index (χ2n) is 7.32. The standard InChI is InChI=1S/C22H18N6O2/c1-27(20-11-30-10-15-6-13(8-23)2-4-16(15)20)22(29)14-3-5-17-18(7-14)28-12-25-9-19(28)21(24)26-17/h2-7,9,12,20H,10-11H2,1H3,(H2,24,26)/t20-/m1/s1. The van der Waals surface area contributed by atoms with Crippen molar-refractivity contribution in [2.24, 2.45) is 0 Å². The molecule has 8 heteroatoms. The number of imidazole rings is 1. The Hall–Kier alpha value is -3.96. The van der Waals surface area contributed by atoms with Crippen molar-refractivity contribution in [2.75, 3.05) is 19.4 Å². The number of nitrogen functional groups attached to an aromatic ring is 1. The van der Waals surface area contributed by atoms with Gasteiger partial charge in [0.1, 0.15) is 11.3 Å². The smallest absolute Gasteiger partial charge is 0.254 e. The van der Waals surface area contributed by atoms with Crippen LogP contribution in [0.3, 0.4) is 0 Å². The highest BCUT2D eigenvalue weighted by Crippen LogP contribution is 2.31. The lowest BCUT2D eigenvalue weighted by Crippen LogP contribution is -2.36. The maximum Gasteiger partial charge on any atom is 0.254 e. The van der Waals surface area contributed by atoms with Crippen molar-refractivity contribution in [2.45, 2.75) is 12.6 Å². The number of aromatic nitrogens is 3. The molecule has 2 aromatic heterocycles. The van der Waals surface area contributed by atoms with E-state index >= 15 is 0 Å². The molecule has 1 atom stereocenters. The molecule has 8 nitrogen and oxygen atoms in total. The molecule has 148 valence electrons. The number of carbonyl (C=O) groups is 1. The summed E-state index contributed by atoms with van der Waals surface area (Å²) >= 11 is 0. The van der Waals surface area contributed by atoms with Gasteiger partial charge >= 0.3 is 0 Å². The molecule has 0 unspecified atom stereocenters. The molecule has 0 fully saturated rings. The van der Waals surface area contributed by atoms with Gasteiger partial charge in [-0.2, -0.15) is 5.26 Å². The number of nitriles is 1. The zero-order chi connectivity index (χ0) is 20.8. The number of anilines is 1. The summed E-state index contributed by atoms with van der Waals surface area (Å²) in [5.41, 5.74) is 11.2. The number of nitrogens with two attached hydrogens (primary N) is 1. The van der Waals surface area contributed by atoms with Crippen LogP contribution in [0.25, 0.3) is 16.6 Å². The van der Waals surface area contributed by atoms with Gasteiger partial charge in [0.05, 0.1) is 54.4 Å². The number of hydrogen-bond donors (Lipinski definition) is 1. The average molecular weight is 398 g/mol. The summed E-state index contributed by atoms with van der Waals surface area (Å²) < 4.78 is 7.54. The van der Waals surface area contributed by atoms with Gasteiger partial charge in [0.25, 0.3) is 5.91 Å². The van der Waals surface area contributed by atoms with Crippen molar-refractivity contribution in [1.82, 2.24) is 19.3 Å². The van der Waals surface area contributed by atoms with Crippen LogP contribution < -0.4 is 5.73 Å². The zero-order valence-electron chi connectivity index (χ0n) is 16.2. The molecular formula is C22H18N6O2. The third-order valence-corrected chi connectivity index (χ3v) is 5.58. The predicted octanol–water partition coefficient (Wildman–Crippen LogP) is 2.68. The van der Waals surface area contributed by atoms with Crippen molar-refractivity contribution in [3.63, 3.8) is 0 Å². The largest absolute Gasteiger partial charge is 0.382 e. The van der Waals surface area contributed by atoms with Crippen LogP contribution in [0.15, 0.2) is 48.9 Å². The molecule has 0 radical (unpaired) electrons. The number of amides is 1. The zero-order valence-corrected chi connectivity index (χ0v) is 16.2. The molecule has 0 saturated heterocycles. The lowest BCUT2D eigenvalue weighted by atomic mass is 9.95. The Kier molecular flexibility index (Phi) is 4.12. The number of likely N-dealkylation sites (N-methyl/N-ethyl adjacent to an activating group) is 1. The first-order chi connectivity index (χ1) is 14.6. The maximum atomic E-state index is 13.3. The van der Waals surface area contributed by atoms with E-state index in [-0.39, 0.29) is 11.9 Å². The Morgan fingerprint density at radius 2 is 2.17 bits per heavy atom. The van der Waals surface area contributed by atoms with Gasteiger partial charge in [-0.1, -0.05) is 6.07 Å². The summed E-state index contributed by atoms with van der Waals surface area (Å²) in [6, 6.07) is 12.8. The molecule has 4 aromatic rings. The molecule has 2 aromatic carbocycles. The van der Waals surface area contributed by atoms with E-state index < -0.39 is 0 Å². The number of rotatable bonds is 2. The number of carbonyl (C=O) groups excluding carboxylic acids is 1. The summed E-state index contributed by atoms with van der Waals surface area (Å²) in [6.45, 7) is 0.837. The van der Waals surface area contributed by atoms with Gasteiger partial charge in [0.15, 0.2) is 0 Å². The number of benzene rings is 2. The molecule has 0 spiro atoms. The monoisotopic (exact) mass is 398 g/mol. The van der Waals surface area contributed by atoms with Gasteiger partial charge in [-0.25, -0.2) is 9.97 Å². The van der Waals surface area contributed by atoms with Crippen LogP contribution in [0.4, 0.5) is 5.82 Å². The molecule has 5 rings (SSSR count). The minimum Gasteiger partial charge on any atom is -0.382 e. The van der Waals surface area contributed by atoms with E-state index in [0.29, 0.717) is 41.2 Å². The number of nitrogens with zero attached hydrogens (tertiary/aromatic N) is 5. The van der Waals surface area contributed by atoms with Crippen LogP contribution in [-0.2, 0) is 11.3 Å². The van der Waals surface area contributed by atoms with Crippen LogP contribution in [-0.4, -0.2) is 38.8 Å². The lowest BCUT2D eigenvalue weighted by Gasteiger charge is -2.33. The Labute approximate surface area is 172 Å². The Balaban J connectivity index is 1.53. The first-order valence-electron chi connectivity index (χ1n) is 9.46. The topological polar surface area (TPSA) is 110 Å². The van der Waals surface area contributed by atoms with Crippen molar-refractivity contribution >= 4 is 28.3 Å². The van der Waals surface area contributed by atoms with Gasteiger partial charge in [0.2, 0.25) is 0 Å². The fraction of sp³-hybridized carbons (Fsp3) is 0.182. The van der Waals surface area contributed by atoms with Gasteiger partial charge in [-0.05, 0) is 41.5 Å². The molecule has 2 N–H and O–H groups in total. The molecule has 3 heterocycles. The van der Waals surface area contributed by atoms with E-state index in [1.54, 1.807) is 48.7 Å². The molecule has 30 heavy (non-hydrogen) atoms. The van der Waals surface area contributed by atoms with Crippen LogP contribution in [0.5, 0.6) is 0 Å². The van der Waals surface area contributed by atoms with E-state index in [0.717, 1.165) is 16.6 Å². The van der Waals surface area contributed by atoms with Crippen LogP contribution in [0.2, 0.25) is 0 Å². The van der Waals surface area contributed by atoms with Crippen molar-refractivity contribution < 1.29 is 9.53 Å². The molecule has 1 aliphatic heterocycles. The number of ether oxygens (including phenoxy) is 1. The normalized spacial score (nSPS) is 15.7. The molecule has 0 bridgehead atoms. The minimum atomic E-state index is -0.234. The summed E-state index contributed by atoms with van der Waals surface area (Å²) in [4.78, 5) is 23.5. The van der Waals surface area contributed by atoms with Crippen LogP contribution in [0.1, 0.15) is 33.1 Å². The second-order valence-corrected chi connectivity index (χ2v) is 7.32. The highest BCUT2D eigenvalue weighted by atomic mass is 16.5. The van der Waals surface area contributed by atoms with Gasteiger partial charge in [-0.3, -0.25) is 9.20 Å². The molecule has 1 amide bonds.